The summed E-state index contributed by atoms with van der Waals surface area (Å²) in [6.45, 7) is 6.10. The van der Waals surface area contributed by atoms with Crippen LogP contribution in [0.3, 0.4) is 0 Å². The van der Waals surface area contributed by atoms with Crippen molar-refractivity contribution in [3.05, 3.63) is 60.7 Å². The van der Waals surface area contributed by atoms with Crippen molar-refractivity contribution in [2.75, 3.05) is 13.1 Å². The minimum Gasteiger partial charge on any atom is -0.339 e. The van der Waals surface area contributed by atoms with E-state index in [1.54, 1.807) is 0 Å². The summed E-state index contributed by atoms with van der Waals surface area (Å²) in [4.78, 5) is 15.5. The quantitative estimate of drug-likeness (QED) is 0.578. The Morgan fingerprint density at radius 2 is 1.21 bits per heavy atom. The van der Waals surface area contributed by atoms with Crippen molar-refractivity contribution in [1.82, 2.24) is 4.90 Å². The average Bonchev–Trinajstić information content (AvgIpc) is 2.64. The van der Waals surface area contributed by atoms with Crippen molar-refractivity contribution in [3.8, 4) is 0 Å². The SMILES string of the molecule is CCCCN(CCCC)C(=O)P(c1ccccc1)c1ccccc1. The average molecular weight is 341 g/mol. The molecule has 0 spiro atoms. The molecule has 128 valence electrons. The molecule has 0 radical (unpaired) electrons. The lowest BCUT2D eigenvalue weighted by Gasteiger charge is -2.28. The molecule has 0 saturated carbocycles. The van der Waals surface area contributed by atoms with Gasteiger partial charge in [0.05, 0.1) is 7.92 Å². The number of hydrogen-bond acceptors (Lipinski definition) is 1. The highest BCUT2D eigenvalue weighted by molar-refractivity contribution is 7.87. The summed E-state index contributed by atoms with van der Waals surface area (Å²) in [6, 6.07) is 20.5. The fraction of sp³-hybridized carbons (Fsp3) is 0.381. The molecule has 0 aliphatic heterocycles. The number of hydrogen-bond donors (Lipinski definition) is 0. The van der Waals surface area contributed by atoms with Gasteiger partial charge in [-0.2, -0.15) is 0 Å². The third kappa shape index (κ3) is 5.18. The van der Waals surface area contributed by atoms with Crippen molar-refractivity contribution in [2.45, 2.75) is 39.5 Å². The normalized spacial score (nSPS) is 10.8. The first-order valence-corrected chi connectivity index (χ1v) is 10.3. The van der Waals surface area contributed by atoms with Crippen LogP contribution in [-0.2, 0) is 0 Å². The maximum absolute atomic E-state index is 13.4. The Morgan fingerprint density at radius 1 is 0.792 bits per heavy atom. The molecule has 2 aromatic rings. The Balaban J connectivity index is 2.32. The molecule has 0 aliphatic carbocycles. The van der Waals surface area contributed by atoms with Gasteiger partial charge in [-0.05, 0) is 23.5 Å². The fourth-order valence-corrected chi connectivity index (χ4v) is 4.83. The first-order valence-electron chi connectivity index (χ1n) is 8.97. The van der Waals surface area contributed by atoms with Crippen molar-refractivity contribution >= 4 is 24.2 Å². The van der Waals surface area contributed by atoms with Crippen LogP contribution in [0.15, 0.2) is 60.7 Å². The topological polar surface area (TPSA) is 20.3 Å². The molecule has 2 rings (SSSR count). The number of unbranched alkanes of at least 4 members (excludes halogenated alkanes) is 2. The van der Waals surface area contributed by atoms with Crippen LogP contribution in [0, 0.1) is 0 Å². The Hall–Kier alpha value is -1.66. The van der Waals surface area contributed by atoms with Crippen molar-refractivity contribution in [3.63, 3.8) is 0 Å². The highest BCUT2D eigenvalue weighted by Gasteiger charge is 2.26. The molecule has 0 heterocycles. The summed E-state index contributed by atoms with van der Waals surface area (Å²) in [7, 11) is -0.998. The van der Waals surface area contributed by atoms with E-state index in [1.165, 1.54) is 0 Å². The molecule has 0 N–H and O–H groups in total. The molecule has 0 aromatic heterocycles. The lowest BCUT2D eigenvalue weighted by molar-refractivity contribution is 0.220. The maximum atomic E-state index is 13.4. The minimum absolute atomic E-state index is 0.296. The molecule has 2 aromatic carbocycles. The van der Waals surface area contributed by atoms with Gasteiger partial charge in [0, 0.05) is 13.1 Å². The van der Waals surface area contributed by atoms with Gasteiger partial charge in [-0.3, -0.25) is 4.79 Å². The molecule has 24 heavy (non-hydrogen) atoms. The highest BCUT2D eigenvalue weighted by Crippen LogP contribution is 2.37. The number of nitrogens with zero attached hydrogens (tertiary/aromatic N) is 1. The molecule has 0 fully saturated rings. The summed E-state index contributed by atoms with van der Waals surface area (Å²) < 4.78 is 0. The summed E-state index contributed by atoms with van der Waals surface area (Å²) in [5.41, 5.74) is 0.296. The molecule has 2 nitrogen and oxygen atoms in total. The van der Waals surface area contributed by atoms with Gasteiger partial charge < -0.3 is 4.90 Å². The molecule has 0 bridgehead atoms. The zero-order chi connectivity index (χ0) is 17.2. The standard InChI is InChI=1S/C21H28NOP/c1-3-5-17-22(18-6-4-2)21(23)24(19-13-9-7-10-14-19)20-15-11-8-12-16-20/h7-16H,3-6,17-18H2,1-2H3. The van der Waals surface area contributed by atoms with E-state index in [9.17, 15) is 4.79 Å². The van der Waals surface area contributed by atoms with E-state index in [-0.39, 0.29) is 0 Å². The summed E-state index contributed by atoms with van der Waals surface area (Å²) in [6.07, 6.45) is 4.37. The van der Waals surface area contributed by atoms with Crippen molar-refractivity contribution in [1.29, 1.82) is 0 Å². The molecule has 0 unspecified atom stereocenters. The second kappa shape index (κ2) is 10.3. The van der Waals surface area contributed by atoms with E-state index < -0.39 is 7.92 Å². The van der Waals surface area contributed by atoms with Gasteiger partial charge in [0.15, 0.2) is 0 Å². The van der Waals surface area contributed by atoms with Gasteiger partial charge >= 0.3 is 0 Å². The first-order chi connectivity index (χ1) is 11.8. The molecule has 0 atom stereocenters. The Labute approximate surface area is 147 Å². The number of rotatable bonds is 9. The van der Waals surface area contributed by atoms with Gasteiger partial charge in [0.25, 0.3) is 5.65 Å². The van der Waals surface area contributed by atoms with Crippen LogP contribution in [0.1, 0.15) is 39.5 Å². The molecule has 3 heteroatoms. The third-order valence-electron chi connectivity index (χ3n) is 4.05. The zero-order valence-corrected chi connectivity index (χ0v) is 15.7. The maximum Gasteiger partial charge on any atom is 0.252 e. The van der Waals surface area contributed by atoms with Crippen LogP contribution in [-0.4, -0.2) is 23.6 Å². The van der Waals surface area contributed by atoms with E-state index in [0.29, 0.717) is 5.65 Å². The van der Waals surface area contributed by atoms with Gasteiger partial charge in [-0.15, -0.1) is 0 Å². The van der Waals surface area contributed by atoms with E-state index >= 15 is 0 Å². The zero-order valence-electron chi connectivity index (χ0n) is 14.8. The van der Waals surface area contributed by atoms with Crippen LogP contribution in [0.25, 0.3) is 0 Å². The minimum atomic E-state index is -0.998. The monoisotopic (exact) mass is 341 g/mol. The molecule has 0 saturated heterocycles. The predicted octanol–water partition coefficient (Wildman–Crippen LogP) is 5.14. The van der Waals surface area contributed by atoms with E-state index in [4.69, 9.17) is 0 Å². The predicted molar refractivity (Wildman–Crippen MR) is 106 cm³/mol. The number of carbonyl (C=O) groups excluding carboxylic acids is 1. The molecular formula is C21H28NOP. The molecule has 0 aliphatic rings. The van der Waals surface area contributed by atoms with Crippen LogP contribution in [0.2, 0.25) is 0 Å². The number of amides is 1. The second-order valence-electron chi connectivity index (χ2n) is 5.98. The van der Waals surface area contributed by atoms with E-state index in [1.807, 2.05) is 36.4 Å². The van der Waals surface area contributed by atoms with Crippen molar-refractivity contribution < 1.29 is 4.79 Å². The highest BCUT2D eigenvalue weighted by atomic mass is 31.1. The Morgan fingerprint density at radius 3 is 1.58 bits per heavy atom. The van der Waals surface area contributed by atoms with Gasteiger partial charge in [-0.1, -0.05) is 87.4 Å². The van der Waals surface area contributed by atoms with Crippen LogP contribution >= 0.6 is 7.92 Å². The number of carbonyl (C=O) groups is 1. The van der Waals surface area contributed by atoms with E-state index in [0.717, 1.165) is 49.4 Å². The van der Waals surface area contributed by atoms with Gasteiger partial charge in [0.2, 0.25) is 0 Å². The smallest absolute Gasteiger partial charge is 0.252 e. The van der Waals surface area contributed by atoms with Gasteiger partial charge in [-0.25, -0.2) is 0 Å². The summed E-state index contributed by atoms with van der Waals surface area (Å²) >= 11 is 0. The lowest BCUT2D eigenvalue weighted by atomic mass is 10.3. The third-order valence-corrected chi connectivity index (χ3v) is 6.35. The fourth-order valence-electron chi connectivity index (χ4n) is 2.67. The van der Waals surface area contributed by atoms with Crippen molar-refractivity contribution in [2.24, 2.45) is 0 Å². The lowest BCUT2D eigenvalue weighted by Crippen LogP contribution is -2.34. The number of benzene rings is 2. The van der Waals surface area contributed by atoms with Gasteiger partial charge in [0.1, 0.15) is 0 Å². The first kappa shape index (κ1) is 18.7. The van der Waals surface area contributed by atoms with Crippen LogP contribution in [0.4, 0.5) is 4.79 Å². The summed E-state index contributed by atoms with van der Waals surface area (Å²) in [5.74, 6) is 0. The summed E-state index contributed by atoms with van der Waals surface area (Å²) in [5, 5.41) is 2.28. The Bertz CT molecular complexity index is 552. The molecule has 1 amide bonds. The van der Waals surface area contributed by atoms with Crippen LogP contribution in [0.5, 0.6) is 0 Å². The largest absolute Gasteiger partial charge is 0.339 e. The van der Waals surface area contributed by atoms with E-state index in [2.05, 4.69) is 43.0 Å². The second-order valence-corrected chi connectivity index (χ2v) is 8.07. The van der Waals surface area contributed by atoms with Crippen LogP contribution < -0.4 is 10.6 Å². The molecular weight excluding hydrogens is 313 g/mol. The Kier molecular flexibility index (Phi) is 7.98.